The zero-order valence-electron chi connectivity index (χ0n) is 12.4. The van der Waals surface area contributed by atoms with Gasteiger partial charge in [0.15, 0.2) is 9.84 Å². The van der Waals surface area contributed by atoms with Crippen LogP contribution < -0.4 is 0 Å². The van der Waals surface area contributed by atoms with Gasteiger partial charge in [-0.15, -0.1) is 0 Å². The third-order valence-electron chi connectivity index (χ3n) is 3.36. The van der Waals surface area contributed by atoms with Gasteiger partial charge in [-0.3, -0.25) is 0 Å². The molecule has 0 aliphatic rings. The average molecular weight is 340 g/mol. The lowest BCUT2D eigenvalue weighted by Crippen LogP contribution is -2.09. The van der Waals surface area contributed by atoms with Gasteiger partial charge in [0.1, 0.15) is 0 Å². The zero-order valence-corrected chi connectivity index (χ0v) is 13.2. The highest BCUT2D eigenvalue weighted by molar-refractivity contribution is 7.91. The molecule has 0 aliphatic heterocycles. The highest BCUT2D eigenvalue weighted by Crippen LogP contribution is 2.30. The minimum atomic E-state index is -4.42. The molecule has 0 bridgehead atoms. The molecule has 0 aromatic heterocycles. The van der Waals surface area contributed by atoms with Crippen LogP contribution in [0.25, 0.3) is 5.57 Å². The summed E-state index contributed by atoms with van der Waals surface area (Å²) >= 11 is 0. The van der Waals surface area contributed by atoms with Crippen LogP contribution in [0.3, 0.4) is 0 Å². The number of aryl methyl sites for hydroxylation is 1. The SMILES string of the molecule is C=C(CS(=O)(=O)c1ccc(C)cc1)c1ccc(C(F)(F)F)cc1. The first-order chi connectivity index (χ1) is 10.6. The summed E-state index contributed by atoms with van der Waals surface area (Å²) in [4.78, 5) is 0.163. The Bertz CT molecular complexity index is 802. The fourth-order valence-electron chi connectivity index (χ4n) is 2.04. The van der Waals surface area contributed by atoms with Crippen molar-refractivity contribution in [2.24, 2.45) is 0 Å². The van der Waals surface area contributed by atoms with Gasteiger partial charge in [0.2, 0.25) is 0 Å². The number of benzene rings is 2. The number of hydrogen-bond acceptors (Lipinski definition) is 2. The first kappa shape index (κ1) is 17.3. The van der Waals surface area contributed by atoms with Gasteiger partial charge in [-0.05, 0) is 42.3 Å². The van der Waals surface area contributed by atoms with Crippen molar-refractivity contribution in [3.8, 4) is 0 Å². The second-order valence-electron chi connectivity index (χ2n) is 5.25. The third kappa shape index (κ3) is 4.22. The standard InChI is InChI=1S/C17H15F3O2S/c1-12-3-9-16(10-4-12)23(21,22)11-13(2)14-5-7-15(8-6-14)17(18,19)20/h3-10H,2,11H2,1H3. The minimum Gasteiger partial charge on any atom is -0.223 e. The van der Waals surface area contributed by atoms with Crippen LogP contribution >= 0.6 is 0 Å². The molecule has 0 saturated carbocycles. The molecule has 0 amide bonds. The van der Waals surface area contributed by atoms with E-state index in [9.17, 15) is 21.6 Å². The van der Waals surface area contributed by atoms with Gasteiger partial charge in [-0.1, -0.05) is 36.4 Å². The van der Waals surface area contributed by atoms with Crippen molar-refractivity contribution >= 4 is 15.4 Å². The van der Waals surface area contributed by atoms with Crippen molar-refractivity contribution in [2.75, 3.05) is 5.75 Å². The summed E-state index contributed by atoms with van der Waals surface area (Å²) in [7, 11) is -3.58. The fraction of sp³-hybridized carbons (Fsp3) is 0.176. The van der Waals surface area contributed by atoms with Crippen LogP contribution in [0.5, 0.6) is 0 Å². The number of alkyl halides is 3. The third-order valence-corrected chi connectivity index (χ3v) is 5.08. The largest absolute Gasteiger partial charge is 0.416 e. The predicted molar refractivity (Wildman–Crippen MR) is 83.7 cm³/mol. The minimum absolute atomic E-state index is 0.163. The van der Waals surface area contributed by atoms with Gasteiger partial charge in [0.25, 0.3) is 0 Å². The Labute approximate surface area is 133 Å². The van der Waals surface area contributed by atoms with E-state index in [2.05, 4.69) is 6.58 Å². The van der Waals surface area contributed by atoms with E-state index in [-0.39, 0.29) is 16.2 Å². The molecule has 0 aliphatic carbocycles. The topological polar surface area (TPSA) is 34.1 Å². The predicted octanol–water partition coefficient (Wildman–Crippen LogP) is 4.50. The summed E-state index contributed by atoms with van der Waals surface area (Å²) in [6.45, 7) is 5.53. The first-order valence-electron chi connectivity index (χ1n) is 6.74. The fourth-order valence-corrected chi connectivity index (χ4v) is 3.38. The summed E-state index contributed by atoms with van der Waals surface area (Å²) in [5, 5.41) is 0. The summed E-state index contributed by atoms with van der Waals surface area (Å²) in [6, 6.07) is 10.7. The summed E-state index contributed by atoms with van der Waals surface area (Å²) in [6.07, 6.45) is -4.42. The van der Waals surface area contributed by atoms with E-state index < -0.39 is 21.6 Å². The van der Waals surface area contributed by atoms with Crippen molar-refractivity contribution < 1.29 is 21.6 Å². The molecule has 2 rings (SSSR count). The zero-order chi connectivity index (χ0) is 17.3. The van der Waals surface area contributed by atoms with Gasteiger partial charge in [-0.2, -0.15) is 13.2 Å². The quantitative estimate of drug-likeness (QED) is 0.821. The Morgan fingerprint density at radius 1 is 1.00 bits per heavy atom. The van der Waals surface area contributed by atoms with E-state index in [1.807, 2.05) is 6.92 Å². The van der Waals surface area contributed by atoms with Crippen LogP contribution in [-0.4, -0.2) is 14.2 Å². The Morgan fingerprint density at radius 2 is 1.52 bits per heavy atom. The smallest absolute Gasteiger partial charge is 0.223 e. The molecule has 122 valence electrons. The van der Waals surface area contributed by atoms with Crippen LogP contribution in [0.1, 0.15) is 16.7 Å². The highest BCUT2D eigenvalue weighted by atomic mass is 32.2. The van der Waals surface area contributed by atoms with Crippen LogP contribution in [0.4, 0.5) is 13.2 Å². The lowest BCUT2D eigenvalue weighted by Gasteiger charge is -2.10. The van der Waals surface area contributed by atoms with E-state index >= 15 is 0 Å². The molecule has 0 spiro atoms. The van der Waals surface area contributed by atoms with E-state index in [0.29, 0.717) is 5.56 Å². The molecular weight excluding hydrogens is 325 g/mol. The van der Waals surface area contributed by atoms with Crippen LogP contribution in [0.15, 0.2) is 60.0 Å². The van der Waals surface area contributed by atoms with Crippen molar-refractivity contribution in [1.29, 1.82) is 0 Å². The number of halogens is 3. The molecule has 2 aromatic rings. The average Bonchev–Trinajstić information content (AvgIpc) is 2.46. The van der Waals surface area contributed by atoms with Crippen molar-refractivity contribution in [3.63, 3.8) is 0 Å². The van der Waals surface area contributed by atoms with Crippen molar-refractivity contribution in [3.05, 3.63) is 71.8 Å². The Kier molecular flexibility index (Phi) is 4.66. The molecule has 0 atom stereocenters. The number of rotatable bonds is 4. The van der Waals surface area contributed by atoms with Crippen molar-refractivity contribution in [1.82, 2.24) is 0 Å². The highest BCUT2D eigenvalue weighted by Gasteiger charge is 2.30. The molecule has 23 heavy (non-hydrogen) atoms. The van der Waals surface area contributed by atoms with Gasteiger partial charge >= 0.3 is 6.18 Å². The summed E-state index contributed by atoms with van der Waals surface area (Å²) < 4.78 is 62.2. The Morgan fingerprint density at radius 3 is 2.00 bits per heavy atom. The maximum absolute atomic E-state index is 12.5. The van der Waals surface area contributed by atoms with E-state index in [4.69, 9.17) is 0 Å². The van der Waals surface area contributed by atoms with Gasteiger partial charge in [0, 0.05) is 0 Å². The lowest BCUT2D eigenvalue weighted by atomic mass is 10.1. The molecular formula is C17H15F3O2S. The van der Waals surface area contributed by atoms with Crippen LogP contribution in [0, 0.1) is 6.92 Å². The number of hydrogen-bond donors (Lipinski definition) is 0. The molecule has 0 fully saturated rings. The molecule has 0 N–H and O–H groups in total. The molecule has 6 heteroatoms. The maximum atomic E-state index is 12.5. The van der Waals surface area contributed by atoms with E-state index in [0.717, 1.165) is 17.7 Å². The van der Waals surface area contributed by atoms with E-state index in [1.54, 1.807) is 12.1 Å². The maximum Gasteiger partial charge on any atom is 0.416 e. The molecule has 2 aromatic carbocycles. The Balaban J connectivity index is 2.19. The van der Waals surface area contributed by atoms with Gasteiger partial charge < -0.3 is 0 Å². The molecule has 0 unspecified atom stereocenters. The summed E-state index contributed by atoms with van der Waals surface area (Å²) in [5.41, 5.74) is 0.772. The molecule has 0 saturated heterocycles. The van der Waals surface area contributed by atoms with Gasteiger partial charge in [0.05, 0.1) is 16.2 Å². The number of sulfone groups is 1. The normalized spacial score (nSPS) is 12.2. The van der Waals surface area contributed by atoms with Crippen LogP contribution in [0.2, 0.25) is 0 Å². The Hall–Kier alpha value is -2.08. The second kappa shape index (κ2) is 6.20. The van der Waals surface area contributed by atoms with Crippen molar-refractivity contribution in [2.45, 2.75) is 18.0 Å². The first-order valence-corrected chi connectivity index (χ1v) is 8.40. The lowest BCUT2D eigenvalue weighted by molar-refractivity contribution is -0.137. The van der Waals surface area contributed by atoms with E-state index in [1.165, 1.54) is 24.3 Å². The second-order valence-corrected chi connectivity index (χ2v) is 7.24. The molecule has 0 heterocycles. The molecule has 2 nitrogen and oxygen atoms in total. The van der Waals surface area contributed by atoms with Crippen LogP contribution in [-0.2, 0) is 16.0 Å². The monoisotopic (exact) mass is 340 g/mol. The molecule has 0 radical (unpaired) electrons. The summed E-state index contributed by atoms with van der Waals surface area (Å²) in [5.74, 6) is -0.346. The van der Waals surface area contributed by atoms with Gasteiger partial charge in [-0.25, -0.2) is 8.42 Å².